The topological polar surface area (TPSA) is 45.2 Å². The molecule has 0 spiro atoms. The number of rotatable bonds is 5. The van der Waals surface area contributed by atoms with Crippen LogP contribution in [0.2, 0.25) is 5.02 Å². The van der Waals surface area contributed by atoms with Gasteiger partial charge in [-0.25, -0.2) is 4.98 Å². The molecule has 1 amide bonds. The maximum atomic E-state index is 12.1. The number of halogens is 1. The van der Waals surface area contributed by atoms with Crippen LogP contribution in [0.1, 0.15) is 10.4 Å². The Morgan fingerprint density at radius 1 is 1.28 bits per heavy atom. The summed E-state index contributed by atoms with van der Waals surface area (Å²) in [6.45, 7) is 0.421. The van der Waals surface area contributed by atoms with Gasteiger partial charge in [-0.3, -0.25) is 4.79 Å². The fourth-order valence-electron chi connectivity index (χ4n) is 2.50. The molecule has 0 aliphatic rings. The van der Waals surface area contributed by atoms with Gasteiger partial charge < -0.3 is 10.2 Å². The third kappa shape index (κ3) is 4.00. The van der Waals surface area contributed by atoms with Crippen molar-refractivity contribution < 1.29 is 4.79 Å². The molecule has 4 nitrogen and oxygen atoms in total. The van der Waals surface area contributed by atoms with Crippen LogP contribution in [0, 0.1) is 0 Å². The van der Waals surface area contributed by atoms with Crippen molar-refractivity contribution in [3.63, 3.8) is 0 Å². The number of hydrogen-bond acceptors (Lipinski definition) is 4. The van der Waals surface area contributed by atoms with E-state index in [2.05, 4.69) is 10.3 Å². The van der Waals surface area contributed by atoms with Gasteiger partial charge in [0.25, 0.3) is 0 Å². The molecule has 0 atom stereocenters. The van der Waals surface area contributed by atoms with E-state index in [1.54, 1.807) is 23.6 Å². The summed E-state index contributed by atoms with van der Waals surface area (Å²) >= 11 is 7.95. The van der Waals surface area contributed by atoms with Crippen LogP contribution in [0.25, 0.3) is 16.2 Å². The van der Waals surface area contributed by atoms with Crippen molar-refractivity contribution in [1.29, 1.82) is 0 Å². The highest BCUT2D eigenvalue weighted by molar-refractivity contribution is 7.20. The third-order valence-electron chi connectivity index (χ3n) is 3.69. The second-order valence-electron chi connectivity index (χ2n) is 5.71. The maximum absolute atomic E-state index is 12.1. The number of carbonyl (C=O) groups excluding carboxylic acids is 1. The molecule has 2 heterocycles. The average molecular weight is 372 g/mol. The number of anilines is 1. The van der Waals surface area contributed by atoms with Gasteiger partial charge >= 0.3 is 0 Å². The number of hydrogen-bond donors (Lipinski definition) is 1. The second-order valence-corrected chi connectivity index (χ2v) is 7.17. The lowest BCUT2D eigenvalue weighted by molar-refractivity contribution is -0.116. The number of pyridine rings is 1. The first-order valence-electron chi connectivity index (χ1n) is 7.80. The molecule has 0 aliphatic carbocycles. The average Bonchev–Trinajstić information content (AvgIpc) is 2.94. The molecule has 6 heteroatoms. The monoisotopic (exact) mass is 371 g/mol. The van der Waals surface area contributed by atoms with Crippen molar-refractivity contribution in [2.24, 2.45) is 0 Å². The number of nitrogens with one attached hydrogen (secondary N) is 1. The molecule has 0 saturated carbocycles. The van der Waals surface area contributed by atoms with E-state index in [9.17, 15) is 4.79 Å². The van der Waals surface area contributed by atoms with Crippen LogP contribution >= 0.6 is 22.9 Å². The van der Waals surface area contributed by atoms with Crippen LogP contribution in [0.4, 0.5) is 5.82 Å². The first kappa shape index (κ1) is 17.5. The molecule has 1 N–H and O–H groups in total. The summed E-state index contributed by atoms with van der Waals surface area (Å²) in [6, 6.07) is 11.8. The van der Waals surface area contributed by atoms with E-state index in [-0.39, 0.29) is 5.91 Å². The summed E-state index contributed by atoms with van der Waals surface area (Å²) in [5.74, 6) is 0.682. The third-order valence-corrected chi connectivity index (χ3v) is 5.35. The molecule has 2 aromatic heterocycles. The number of amides is 1. The molecular weight excluding hydrogens is 354 g/mol. The molecular formula is C19H18ClN3OS. The predicted molar refractivity (Wildman–Crippen MR) is 106 cm³/mol. The Balaban J connectivity index is 1.68. The molecule has 0 unspecified atom stereocenters. The van der Waals surface area contributed by atoms with Crippen LogP contribution in [0.5, 0.6) is 0 Å². The Bertz CT molecular complexity index is 933. The van der Waals surface area contributed by atoms with Crippen molar-refractivity contribution in [3.8, 4) is 0 Å². The summed E-state index contributed by atoms with van der Waals surface area (Å²) in [6.07, 6.45) is 5.02. The summed E-state index contributed by atoms with van der Waals surface area (Å²) in [7, 11) is 3.86. The van der Waals surface area contributed by atoms with E-state index >= 15 is 0 Å². The predicted octanol–water partition coefficient (Wildman–Crippen LogP) is 4.35. The Labute approximate surface area is 155 Å². The number of carbonyl (C=O) groups is 1. The van der Waals surface area contributed by atoms with E-state index in [0.717, 1.165) is 26.3 Å². The Kier molecular flexibility index (Phi) is 5.36. The largest absolute Gasteiger partial charge is 0.362 e. The van der Waals surface area contributed by atoms with Crippen LogP contribution in [0.15, 0.2) is 48.7 Å². The molecule has 0 aliphatic heterocycles. The molecule has 0 radical (unpaired) electrons. The van der Waals surface area contributed by atoms with Gasteiger partial charge in [-0.2, -0.15) is 0 Å². The van der Waals surface area contributed by atoms with Gasteiger partial charge in [0.1, 0.15) is 5.82 Å². The smallest absolute Gasteiger partial charge is 0.244 e. The van der Waals surface area contributed by atoms with Gasteiger partial charge in [0, 0.05) is 53.4 Å². The lowest BCUT2D eigenvalue weighted by atomic mass is 10.2. The minimum absolute atomic E-state index is 0.165. The maximum Gasteiger partial charge on any atom is 0.244 e. The zero-order valence-electron chi connectivity index (χ0n) is 14.0. The molecule has 0 fully saturated rings. The van der Waals surface area contributed by atoms with Gasteiger partial charge in [0.15, 0.2) is 0 Å². The van der Waals surface area contributed by atoms with Crippen molar-refractivity contribution in [3.05, 3.63) is 64.1 Å². The van der Waals surface area contributed by atoms with E-state index in [1.165, 1.54) is 6.08 Å². The van der Waals surface area contributed by atoms with Crippen molar-refractivity contribution in [2.75, 3.05) is 19.0 Å². The van der Waals surface area contributed by atoms with Gasteiger partial charge in [-0.05, 0) is 18.2 Å². The fraction of sp³-hybridized carbons (Fsp3) is 0.158. The van der Waals surface area contributed by atoms with Gasteiger partial charge in [0.2, 0.25) is 5.91 Å². The number of aromatic nitrogens is 1. The van der Waals surface area contributed by atoms with Crippen LogP contribution in [0.3, 0.4) is 0 Å². The van der Waals surface area contributed by atoms with E-state index in [4.69, 9.17) is 11.6 Å². The summed E-state index contributed by atoms with van der Waals surface area (Å²) in [5, 5.41) is 4.59. The van der Waals surface area contributed by atoms with E-state index < -0.39 is 0 Å². The minimum atomic E-state index is -0.165. The van der Waals surface area contributed by atoms with Crippen LogP contribution in [-0.4, -0.2) is 25.0 Å². The van der Waals surface area contributed by atoms with Crippen LogP contribution in [-0.2, 0) is 11.3 Å². The van der Waals surface area contributed by atoms with Gasteiger partial charge in [-0.15, -0.1) is 11.3 Å². The van der Waals surface area contributed by atoms with Gasteiger partial charge in [-0.1, -0.05) is 35.9 Å². The summed E-state index contributed by atoms with van der Waals surface area (Å²) in [5.41, 5.74) is 0.967. The van der Waals surface area contributed by atoms with E-state index in [1.807, 2.05) is 55.4 Å². The summed E-state index contributed by atoms with van der Waals surface area (Å²) < 4.78 is 1.11. The van der Waals surface area contributed by atoms with Crippen molar-refractivity contribution in [1.82, 2.24) is 10.3 Å². The Hall–Kier alpha value is -2.37. The zero-order chi connectivity index (χ0) is 17.8. The molecule has 3 rings (SSSR count). The van der Waals surface area contributed by atoms with Gasteiger partial charge in [0.05, 0.1) is 5.02 Å². The first-order valence-corrected chi connectivity index (χ1v) is 9.00. The SMILES string of the molecule is CN(C)c1ncccc1CNC(=O)C=Cc1sc2ccccc2c1Cl. The zero-order valence-corrected chi connectivity index (χ0v) is 15.6. The Morgan fingerprint density at radius 2 is 2.08 bits per heavy atom. The molecule has 3 aromatic rings. The highest BCUT2D eigenvalue weighted by Gasteiger charge is 2.08. The number of fused-ring (bicyclic) bond motifs is 1. The highest BCUT2D eigenvalue weighted by Crippen LogP contribution is 2.35. The number of benzene rings is 1. The van der Waals surface area contributed by atoms with Crippen LogP contribution < -0.4 is 10.2 Å². The van der Waals surface area contributed by atoms with Crippen molar-refractivity contribution >= 4 is 50.8 Å². The second kappa shape index (κ2) is 7.68. The molecule has 128 valence electrons. The fourth-order valence-corrected chi connectivity index (χ4v) is 3.90. The number of nitrogens with zero attached hydrogens (tertiary/aromatic N) is 2. The standard InChI is InChI=1S/C19H18ClN3OS/c1-23(2)19-13(6-5-11-21-19)12-22-17(24)10-9-16-18(20)14-7-3-4-8-15(14)25-16/h3-11H,12H2,1-2H3,(H,22,24). The van der Waals surface area contributed by atoms with Crippen molar-refractivity contribution in [2.45, 2.75) is 6.54 Å². The molecule has 25 heavy (non-hydrogen) atoms. The quantitative estimate of drug-likeness (QED) is 0.678. The first-order chi connectivity index (χ1) is 12.1. The minimum Gasteiger partial charge on any atom is -0.362 e. The number of thiophene rings is 1. The summed E-state index contributed by atoms with van der Waals surface area (Å²) in [4.78, 5) is 19.3. The molecule has 0 saturated heterocycles. The Morgan fingerprint density at radius 3 is 2.84 bits per heavy atom. The molecule has 1 aromatic carbocycles. The lowest BCUT2D eigenvalue weighted by Crippen LogP contribution is -2.22. The molecule has 0 bridgehead atoms. The highest BCUT2D eigenvalue weighted by atomic mass is 35.5. The normalized spacial score (nSPS) is 11.2. The van der Waals surface area contributed by atoms with E-state index in [0.29, 0.717) is 11.6 Å². The lowest BCUT2D eigenvalue weighted by Gasteiger charge is -2.15.